The van der Waals surface area contributed by atoms with E-state index in [0.29, 0.717) is 6.54 Å². The molecule has 1 amide bonds. The summed E-state index contributed by atoms with van der Waals surface area (Å²) in [7, 11) is -4.66. The first-order chi connectivity index (χ1) is 13.3. The molecule has 5 nitrogen and oxygen atoms in total. The molecular weight excluding hydrogens is 386 g/mol. The van der Waals surface area contributed by atoms with Gasteiger partial charge in [0, 0.05) is 18.7 Å². The number of amides is 1. The number of nitrogens with one attached hydrogen (secondary N) is 1. The lowest BCUT2D eigenvalue weighted by Gasteiger charge is -2.18. The SMILES string of the molecule is CCN(CC)Cc1ccc(CNC(=O)c2ccc(S(=O)(=O)C(F)F)cc2)cc1. The molecule has 0 aliphatic heterocycles. The summed E-state index contributed by atoms with van der Waals surface area (Å²) in [4.78, 5) is 14.0. The number of hydrogen-bond acceptors (Lipinski definition) is 4. The van der Waals surface area contributed by atoms with Gasteiger partial charge in [-0.3, -0.25) is 9.69 Å². The first-order valence-electron chi connectivity index (χ1n) is 8.98. The van der Waals surface area contributed by atoms with Gasteiger partial charge in [0.05, 0.1) is 4.90 Å². The predicted octanol–water partition coefficient (Wildman–Crippen LogP) is 3.45. The molecule has 2 aromatic rings. The number of nitrogens with zero attached hydrogens (tertiary/aromatic N) is 1. The van der Waals surface area contributed by atoms with Gasteiger partial charge in [-0.25, -0.2) is 8.42 Å². The van der Waals surface area contributed by atoms with E-state index in [1.807, 2.05) is 24.3 Å². The second-order valence-electron chi connectivity index (χ2n) is 6.29. The van der Waals surface area contributed by atoms with Gasteiger partial charge < -0.3 is 5.32 Å². The van der Waals surface area contributed by atoms with Gasteiger partial charge in [-0.1, -0.05) is 38.1 Å². The molecule has 0 aromatic heterocycles. The third-order valence-corrected chi connectivity index (χ3v) is 5.85. The van der Waals surface area contributed by atoms with Crippen molar-refractivity contribution in [2.75, 3.05) is 13.1 Å². The molecule has 0 radical (unpaired) electrons. The Hall–Kier alpha value is -2.32. The average Bonchev–Trinajstić information content (AvgIpc) is 2.71. The maximum absolute atomic E-state index is 12.5. The van der Waals surface area contributed by atoms with Crippen LogP contribution in [0.1, 0.15) is 35.3 Å². The van der Waals surface area contributed by atoms with Crippen molar-refractivity contribution in [1.29, 1.82) is 0 Å². The quantitative estimate of drug-likeness (QED) is 0.688. The maximum atomic E-state index is 12.5. The van der Waals surface area contributed by atoms with Crippen LogP contribution < -0.4 is 5.32 Å². The van der Waals surface area contributed by atoms with E-state index in [9.17, 15) is 22.0 Å². The average molecular weight is 410 g/mol. The van der Waals surface area contributed by atoms with Crippen LogP contribution in [0.25, 0.3) is 0 Å². The van der Waals surface area contributed by atoms with Crippen LogP contribution in [-0.2, 0) is 22.9 Å². The molecule has 0 saturated carbocycles. The van der Waals surface area contributed by atoms with Crippen LogP contribution in [-0.4, -0.2) is 38.1 Å². The number of rotatable bonds is 9. The monoisotopic (exact) mass is 410 g/mol. The zero-order valence-corrected chi connectivity index (χ0v) is 16.7. The highest BCUT2D eigenvalue weighted by Crippen LogP contribution is 2.18. The minimum Gasteiger partial charge on any atom is -0.348 e. The fourth-order valence-electron chi connectivity index (χ4n) is 2.65. The standard InChI is InChI=1S/C20H24F2N2O3S/c1-3-24(4-2)14-16-7-5-15(6-8-16)13-23-19(25)17-9-11-18(12-10-17)28(26,27)20(21)22/h5-12,20H,3-4,13-14H2,1-2H3,(H,23,25). The molecule has 28 heavy (non-hydrogen) atoms. The maximum Gasteiger partial charge on any atom is 0.341 e. The van der Waals surface area contributed by atoms with Gasteiger partial charge in [0.2, 0.25) is 9.84 Å². The van der Waals surface area contributed by atoms with Crippen molar-refractivity contribution in [3.05, 3.63) is 65.2 Å². The van der Waals surface area contributed by atoms with Crippen molar-refractivity contribution in [3.8, 4) is 0 Å². The summed E-state index contributed by atoms with van der Waals surface area (Å²) in [5, 5.41) is 2.73. The van der Waals surface area contributed by atoms with Crippen LogP contribution in [0, 0.1) is 0 Å². The van der Waals surface area contributed by atoms with Gasteiger partial charge >= 0.3 is 5.76 Å². The van der Waals surface area contributed by atoms with E-state index in [-0.39, 0.29) is 5.56 Å². The summed E-state index contributed by atoms with van der Waals surface area (Å²) in [5.74, 6) is -3.90. The first-order valence-corrected chi connectivity index (χ1v) is 10.5. The van der Waals surface area contributed by atoms with E-state index >= 15 is 0 Å². The van der Waals surface area contributed by atoms with Crippen LogP contribution in [0.5, 0.6) is 0 Å². The summed E-state index contributed by atoms with van der Waals surface area (Å²) < 4.78 is 47.9. The van der Waals surface area contributed by atoms with Crippen molar-refractivity contribution in [3.63, 3.8) is 0 Å². The Kier molecular flexibility index (Phi) is 7.65. The Morgan fingerprint density at radius 3 is 2.00 bits per heavy atom. The highest BCUT2D eigenvalue weighted by Gasteiger charge is 2.26. The number of alkyl halides is 2. The Bertz CT molecular complexity index is 879. The van der Waals surface area contributed by atoms with Crippen LogP contribution in [0.15, 0.2) is 53.4 Å². The first kappa shape index (κ1) is 22.0. The van der Waals surface area contributed by atoms with Crippen molar-refractivity contribution < 1.29 is 22.0 Å². The van der Waals surface area contributed by atoms with Gasteiger partial charge in [-0.15, -0.1) is 0 Å². The number of carbonyl (C=O) groups is 1. The molecule has 0 atom stereocenters. The Labute approximate surface area is 164 Å². The molecule has 0 saturated heterocycles. The molecule has 0 bridgehead atoms. The van der Waals surface area contributed by atoms with Gasteiger partial charge in [-0.05, 0) is 48.5 Å². The van der Waals surface area contributed by atoms with Crippen LogP contribution in [0.2, 0.25) is 0 Å². The largest absolute Gasteiger partial charge is 0.348 e. The molecule has 1 N–H and O–H groups in total. The smallest absolute Gasteiger partial charge is 0.341 e. The number of benzene rings is 2. The van der Waals surface area contributed by atoms with Crippen molar-refractivity contribution in [1.82, 2.24) is 10.2 Å². The van der Waals surface area contributed by atoms with Crippen molar-refractivity contribution in [2.24, 2.45) is 0 Å². The zero-order chi connectivity index (χ0) is 20.7. The van der Waals surface area contributed by atoms with E-state index in [2.05, 4.69) is 24.1 Å². The van der Waals surface area contributed by atoms with E-state index in [1.54, 1.807) is 0 Å². The second kappa shape index (κ2) is 9.75. The summed E-state index contributed by atoms with van der Waals surface area (Å²) in [6.45, 7) is 7.36. The molecule has 0 aliphatic carbocycles. The summed E-state index contributed by atoms with van der Waals surface area (Å²) in [5.41, 5.74) is 2.31. The third kappa shape index (κ3) is 5.59. The molecule has 8 heteroatoms. The van der Waals surface area contributed by atoms with E-state index in [4.69, 9.17) is 0 Å². The number of sulfone groups is 1. The van der Waals surface area contributed by atoms with Crippen LogP contribution in [0.3, 0.4) is 0 Å². The predicted molar refractivity (Wildman–Crippen MR) is 104 cm³/mol. The lowest BCUT2D eigenvalue weighted by molar-refractivity contribution is 0.0951. The van der Waals surface area contributed by atoms with Crippen LogP contribution in [0.4, 0.5) is 8.78 Å². The van der Waals surface area contributed by atoms with Crippen LogP contribution >= 0.6 is 0 Å². The lowest BCUT2D eigenvalue weighted by Crippen LogP contribution is -2.23. The molecule has 0 unspecified atom stereocenters. The Balaban J connectivity index is 1.95. The third-order valence-electron chi connectivity index (χ3n) is 4.46. The van der Waals surface area contributed by atoms with E-state index in [1.165, 1.54) is 17.7 Å². The summed E-state index contributed by atoms with van der Waals surface area (Å²) >= 11 is 0. The number of hydrogen-bond donors (Lipinski definition) is 1. The van der Waals surface area contributed by atoms with Crippen molar-refractivity contribution >= 4 is 15.7 Å². The lowest BCUT2D eigenvalue weighted by atomic mass is 10.1. The molecule has 2 aromatic carbocycles. The minimum atomic E-state index is -4.66. The summed E-state index contributed by atoms with van der Waals surface area (Å²) in [6.07, 6.45) is 0. The molecule has 0 spiro atoms. The highest BCUT2D eigenvalue weighted by atomic mass is 32.2. The topological polar surface area (TPSA) is 66.5 Å². The molecule has 0 aliphatic rings. The number of halogens is 2. The van der Waals surface area contributed by atoms with E-state index < -0.39 is 26.4 Å². The van der Waals surface area contributed by atoms with Gasteiger partial charge in [0.25, 0.3) is 5.91 Å². The molecule has 152 valence electrons. The second-order valence-corrected chi connectivity index (χ2v) is 8.21. The molecule has 2 rings (SSSR count). The van der Waals surface area contributed by atoms with Gasteiger partial charge in [-0.2, -0.15) is 8.78 Å². The van der Waals surface area contributed by atoms with Gasteiger partial charge in [0.1, 0.15) is 0 Å². The minimum absolute atomic E-state index is 0.200. The van der Waals surface area contributed by atoms with E-state index in [0.717, 1.165) is 37.3 Å². The molecular formula is C20H24F2N2O3S. The summed E-state index contributed by atoms with van der Waals surface area (Å²) in [6, 6.07) is 12.4. The fourth-order valence-corrected chi connectivity index (χ4v) is 3.37. The Morgan fingerprint density at radius 2 is 1.50 bits per heavy atom. The fraction of sp³-hybridized carbons (Fsp3) is 0.350. The normalized spacial score (nSPS) is 11.8. The Morgan fingerprint density at radius 1 is 0.964 bits per heavy atom. The van der Waals surface area contributed by atoms with Gasteiger partial charge in [0.15, 0.2) is 0 Å². The number of carbonyl (C=O) groups excluding carboxylic acids is 1. The molecule has 0 heterocycles. The highest BCUT2D eigenvalue weighted by molar-refractivity contribution is 7.91. The van der Waals surface area contributed by atoms with Crippen molar-refractivity contribution in [2.45, 2.75) is 37.6 Å². The zero-order valence-electron chi connectivity index (χ0n) is 15.9. The molecule has 0 fully saturated rings.